The fourth-order valence-corrected chi connectivity index (χ4v) is 4.59. The third-order valence-corrected chi connectivity index (χ3v) is 6.09. The third kappa shape index (κ3) is 3.13. The second-order valence-corrected chi connectivity index (χ2v) is 8.28. The minimum Gasteiger partial charge on any atom is -0.378 e. The van der Waals surface area contributed by atoms with E-state index in [9.17, 15) is 4.79 Å². The van der Waals surface area contributed by atoms with Crippen molar-refractivity contribution in [3.8, 4) is 22.4 Å². The van der Waals surface area contributed by atoms with Gasteiger partial charge in [-0.15, -0.1) is 0 Å². The number of aromatic nitrogens is 3. The van der Waals surface area contributed by atoms with Crippen LogP contribution in [0.15, 0.2) is 54.6 Å². The number of amides is 1. The summed E-state index contributed by atoms with van der Waals surface area (Å²) in [5.41, 5.74) is 7.92. The molecule has 4 aromatic rings. The number of fused-ring (bicyclic) bond motifs is 2. The van der Waals surface area contributed by atoms with Crippen LogP contribution in [-0.4, -0.2) is 46.8 Å². The number of ether oxygens (including phenoxy) is 1. The number of nitrogens with one attached hydrogen (secondary N) is 1. The molecule has 0 bridgehead atoms. The van der Waals surface area contributed by atoms with Crippen molar-refractivity contribution in [2.24, 2.45) is 0 Å². The van der Waals surface area contributed by atoms with Gasteiger partial charge in [-0.2, -0.15) is 9.61 Å². The molecule has 2 aromatic heterocycles. The second kappa shape index (κ2) is 7.46. The van der Waals surface area contributed by atoms with Crippen LogP contribution < -0.4 is 10.2 Å². The maximum Gasteiger partial charge on any atom is 0.228 e. The fourth-order valence-electron chi connectivity index (χ4n) is 4.59. The van der Waals surface area contributed by atoms with Crippen LogP contribution in [0.25, 0.3) is 27.9 Å². The zero-order chi connectivity index (χ0) is 21.7. The molecule has 160 valence electrons. The van der Waals surface area contributed by atoms with E-state index in [4.69, 9.17) is 14.8 Å². The summed E-state index contributed by atoms with van der Waals surface area (Å²) in [6.07, 6.45) is 0.405. The quantitative estimate of drug-likeness (QED) is 0.542. The Kier molecular flexibility index (Phi) is 4.43. The number of nitrogens with zero attached hydrogens (tertiary/aromatic N) is 4. The lowest BCUT2D eigenvalue weighted by molar-refractivity contribution is -0.115. The van der Waals surface area contributed by atoms with Crippen LogP contribution in [0.5, 0.6) is 0 Å². The summed E-state index contributed by atoms with van der Waals surface area (Å²) in [5, 5.41) is 8.00. The number of anilines is 2. The molecule has 2 aromatic carbocycles. The predicted octanol–water partition coefficient (Wildman–Crippen LogP) is 3.70. The number of carbonyl (C=O) groups excluding carboxylic acids is 1. The van der Waals surface area contributed by atoms with Crippen molar-refractivity contribution in [3.63, 3.8) is 0 Å². The number of morpholine rings is 1. The van der Waals surface area contributed by atoms with Crippen LogP contribution in [0.1, 0.15) is 11.3 Å². The normalized spacial score (nSPS) is 15.8. The molecule has 32 heavy (non-hydrogen) atoms. The van der Waals surface area contributed by atoms with Crippen LogP contribution in [0.3, 0.4) is 0 Å². The summed E-state index contributed by atoms with van der Waals surface area (Å²) in [4.78, 5) is 19.0. The molecule has 1 fully saturated rings. The van der Waals surface area contributed by atoms with Gasteiger partial charge in [-0.1, -0.05) is 36.4 Å². The molecule has 7 heteroatoms. The van der Waals surface area contributed by atoms with Crippen LogP contribution in [0.4, 0.5) is 11.6 Å². The van der Waals surface area contributed by atoms with Gasteiger partial charge in [0.25, 0.3) is 0 Å². The van der Waals surface area contributed by atoms with E-state index in [-0.39, 0.29) is 5.91 Å². The molecule has 2 aliphatic heterocycles. The number of aryl methyl sites for hydroxylation is 1. The first kappa shape index (κ1) is 19.0. The minimum atomic E-state index is 0.0370. The molecule has 4 heterocycles. The minimum absolute atomic E-state index is 0.0370. The van der Waals surface area contributed by atoms with Gasteiger partial charge in [0.05, 0.1) is 25.2 Å². The SMILES string of the molecule is Cc1cc2c(-c3ccc4c(c3)CC(=O)N4)c(-c3ccccc3)nn2c(N2CCOCC2)n1. The average molecular weight is 425 g/mol. The Balaban J connectivity index is 1.62. The van der Waals surface area contributed by atoms with Crippen molar-refractivity contribution in [1.29, 1.82) is 0 Å². The molecule has 7 nitrogen and oxygen atoms in total. The van der Waals surface area contributed by atoms with Gasteiger partial charge in [0.2, 0.25) is 11.9 Å². The van der Waals surface area contributed by atoms with E-state index < -0.39 is 0 Å². The highest BCUT2D eigenvalue weighted by molar-refractivity contribution is 6.01. The molecule has 0 atom stereocenters. The number of hydrogen-bond acceptors (Lipinski definition) is 5. The Bertz CT molecular complexity index is 1340. The molecule has 0 aliphatic carbocycles. The van der Waals surface area contributed by atoms with Crippen molar-refractivity contribution >= 4 is 23.1 Å². The maximum absolute atomic E-state index is 11.9. The van der Waals surface area contributed by atoms with E-state index >= 15 is 0 Å². The van der Waals surface area contributed by atoms with Gasteiger partial charge in [0.1, 0.15) is 5.69 Å². The average Bonchev–Trinajstić information content (AvgIpc) is 3.38. The molecule has 1 amide bonds. The van der Waals surface area contributed by atoms with Crippen molar-refractivity contribution in [3.05, 3.63) is 65.9 Å². The van der Waals surface area contributed by atoms with Crippen LogP contribution in [0, 0.1) is 6.92 Å². The predicted molar refractivity (Wildman–Crippen MR) is 124 cm³/mol. The highest BCUT2D eigenvalue weighted by Gasteiger charge is 2.24. The first-order chi connectivity index (χ1) is 15.7. The Morgan fingerprint density at radius 2 is 1.81 bits per heavy atom. The summed E-state index contributed by atoms with van der Waals surface area (Å²) >= 11 is 0. The summed E-state index contributed by atoms with van der Waals surface area (Å²) < 4.78 is 7.51. The third-order valence-electron chi connectivity index (χ3n) is 6.09. The molecule has 2 aliphatic rings. The van der Waals surface area contributed by atoms with Crippen LogP contribution >= 0.6 is 0 Å². The van der Waals surface area contributed by atoms with Crippen LogP contribution in [-0.2, 0) is 16.0 Å². The summed E-state index contributed by atoms with van der Waals surface area (Å²) in [6, 6.07) is 18.5. The van der Waals surface area contributed by atoms with E-state index in [1.165, 1.54) is 0 Å². The van der Waals surface area contributed by atoms with E-state index in [1.54, 1.807) is 0 Å². The summed E-state index contributed by atoms with van der Waals surface area (Å²) in [7, 11) is 0. The Morgan fingerprint density at radius 1 is 1.00 bits per heavy atom. The standard InChI is InChI=1S/C25H23N5O2/c1-16-13-21-23(18-7-8-20-19(14-18)15-22(31)27-20)24(17-5-3-2-4-6-17)28-30(21)25(26-16)29-9-11-32-12-10-29/h2-8,13-14H,9-12,15H2,1H3,(H,27,31). The Hall–Kier alpha value is -3.71. The highest BCUT2D eigenvalue weighted by Crippen LogP contribution is 2.39. The summed E-state index contributed by atoms with van der Waals surface area (Å²) in [5.74, 6) is 0.875. The van der Waals surface area contributed by atoms with Gasteiger partial charge in [0.15, 0.2) is 0 Å². The van der Waals surface area contributed by atoms with E-state index in [2.05, 4.69) is 40.5 Å². The lowest BCUT2D eigenvalue weighted by Crippen LogP contribution is -2.38. The zero-order valence-electron chi connectivity index (χ0n) is 17.8. The lowest BCUT2D eigenvalue weighted by Gasteiger charge is -2.28. The van der Waals surface area contributed by atoms with Crippen molar-refractivity contribution in [2.75, 3.05) is 36.5 Å². The molecule has 0 spiro atoms. The van der Waals surface area contributed by atoms with Gasteiger partial charge in [-0.3, -0.25) is 4.79 Å². The van der Waals surface area contributed by atoms with Crippen LogP contribution in [0.2, 0.25) is 0 Å². The van der Waals surface area contributed by atoms with Gasteiger partial charge >= 0.3 is 0 Å². The largest absolute Gasteiger partial charge is 0.378 e. The van der Waals surface area contributed by atoms with Crippen molar-refractivity contribution in [1.82, 2.24) is 14.6 Å². The maximum atomic E-state index is 11.9. The molecule has 0 radical (unpaired) electrons. The Labute approximate surface area is 185 Å². The molecular formula is C25H23N5O2. The van der Waals surface area contributed by atoms with E-state index in [0.29, 0.717) is 19.6 Å². The van der Waals surface area contributed by atoms with Gasteiger partial charge in [0, 0.05) is 35.6 Å². The fraction of sp³-hybridized carbons (Fsp3) is 0.240. The second-order valence-electron chi connectivity index (χ2n) is 8.28. The molecule has 6 rings (SSSR count). The first-order valence-electron chi connectivity index (χ1n) is 10.9. The first-order valence-corrected chi connectivity index (χ1v) is 10.9. The van der Waals surface area contributed by atoms with Gasteiger partial charge < -0.3 is 15.0 Å². The van der Waals surface area contributed by atoms with Gasteiger partial charge in [-0.05, 0) is 36.2 Å². The zero-order valence-corrected chi connectivity index (χ0v) is 17.8. The highest BCUT2D eigenvalue weighted by atomic mass is 16.5. The Morgan fingerprint density at radius 3 is 2.62 bits per heavy atom. The molecule has 1 N–H and O–H groups in total. The topological polar surface area (TPSA) is 71.8 Å². The van der Waals surface area contributed by atoms with E-state index in [1.807, 2.05) is 35.7 Å². The van der Waals surface area contributed by atoms with E-state index in [0.717, 1.165) is 63.9 Å². The number of rotatable bonds is 3. The van der Waals surface area contributed by atoms with Crippen molar-refractivity contribution < 1.29 is 9.53 Å². The van der Waals surface area contributed by atoms with Crippen molar-refractivity contribution in [2.45, 2.75) is 13.3 Å². The number of hydrogen-bond donors (Lipinski definition) is 1. The molecule has 0 saturated carbocycles. The summed E-state index contributed by atoms with van der Waals surface area (Å²) in [6.45, 7) is 4.96. The molecule has 1 saturated heterocycles. The number of benzene rings is 2. The smallest absolute Gasteiger partial charge is 0.228 e. The number of carbonyl (C=O) groups is 1. The molecular weight excluding hydrogens is 402 g/mol. The monoisotopic (exact) mass is 425 g/mol. The van der Waals surface area contributed by atoms with Gasteiger partial charge in [-0.25, -0.2) is 4.98 Å². The molecule has 0 unspecified atom stereocenters. The lowest BCUT2D eigenvalue weighted by atomic mass is 9.97.